The molecule has 0 saturated heterocycles. The molecule has 1 saturated carbocycles. The van der Waals surface area contributed by atoms with Crippen LogP contribution in [0, 0.1) is 16.7 Å². The molecule has 0 aromatic rings. The van der Waals surface area contributed by atoms with Crippen molar-refractivity contribution >= 4 is 5.78 Å². The van der Waals surface area contributed by atoms with Crippen LogP contribution in [0.15, 0.2) is 0 Å². The van der Waals surface area contributed by atoms with Crippen molar-refractivity contribution in [1.29, 1.82) is 5.26 Å². The average Bonchev–Trinajstić information content (AvgIpc) is 2.85. The zero-order valence-electron chi connectivity index (χ0n) is 8.18. The van der Waals surface area contributed by atoms with Crippen molar-refractivity contribution < 1.29 is 4.79 Å². The number of Topliss-reactive ketones (excluding diaryl/α,β-unsaturated/α-hetero) is 1. The maximum Gasteiger partial charge on any atom is 0.129 e. The largest absolute Gasteiger partial charge is 0.300 e. The Bertz CT molecular complexity index is 187. The Kier molecular flexibility index (Phi) is 4.58. The Balaban J connectivity index is 0.000000561. The molecule has 0 aromatic heterocycles. The Hall–Kier alpha value is -0.840. The van der Waals surface area contributed by atoms with E-state index in [1.165, 1.54) is 0 Å². The summed E-state index contributed by atoms with van der Waals surface area (Å²) in [5.74, 6) is 0.196. The molecule has 0 heterocycles. The van der Waals surface area contributed by atoms with E-state index in [4.69, 9.17) is 5.26 Å². The second-order valence-corrected chi connectivity index (χ2v) is 3.09. The zero-order chi connectivity index (χ0) is 9.61. The summed E-state index contributed by atoms with van der Waals surface area (Å²) < 4.78 is 0. The van der Waals surface area contributed by atoms with Crippen LogP contribution < -0.4 is 0 Å². The second kappa shape index (κ2) is 4.92. The van der Waals surface area contributed by atoms with E-state index >= 15 is 0 Å². The lowest BCUT2D eigenvalue weighted by molar-refractivity contribution is -0.117. The molecule has 12 heavy (non-hydrogen) atoms. The van der Waals surface area contributed by atoms with Crippen LogP contribution in [0.3, 0.4) is 0 Å². The fourth-order valence-electron chi connectivity index (χ4n) is 0.984. The molecule has 1 fully saturated rings. The number of nitriles is 1. The van der Waals surface area contributed by atoms with Crippen molar-refractivity contribution in [2.24, 2.45) is 5.41 Å². The summed E-state index contributed by atoms with van der Waals surface area (Å²) in [5, 5.41) is 8.61. The van der Waals surface area contributed by atoms with Crippen LogP contribution in [0.4, 0.5) is 0 Å². The van der Waals surface area contributed by atoms with Crippen LogP contribution >= 0.6 is 0 Å². The van der Waals surface area contributed by atoms with Crippen LogP contribution in [-0.4, -0.2) is 5.78 Å². The van der Waals surface area contributed by atoms with E-state index in [2.05, 4.69) is 6.07 Å². The maximum atomic E-state index is 10.5. The third-order valence-electron chi connectivity index (χ3n) is 2.05. The summed E-state index contributed by atoms with van der Waals surface area (Å²) >= 11 is 0. The van der Waals surface area contributed by atoms with Crippen LogP contribution in [0.5, 0.6) is 0 Å². The number of rotatable bonds is 3. The first kappa shape index (κ1) is 11.2. The summed E-state index contributed by atoms with van der Waals surface area (Å²) in [5.41, 5.74) is -0.0916. The monoisotopic (exact) mass is 167 g/mol. The van der Waals surface area contributed by atoms with Gasteiger partial charge in [-0.1, -0.05) is 13.8 Å². The fourth-order valence-corrected chi connectivity index (χ4v) is 0.984. The molecule has 0 unspecified atom stereocenters. The van der Waals surface area contributed by atoms with E-state index in [0.717, 1.165) is 19.3 Å². The standard InChI is InChI=1S/C8H11NO.C2H6/c1-7(10)2-3-8(6-9)4-5-8;1-2/h2-5H2,1H3;1-2H3. The Morgan fingerprint density at radius 2 is 2.00 bits per heavy atom. The molecule has 1 aliphatic rings. The second-order valence-electron chi connectivity index (χ2n) is 3.09. The number of nitrogens with zero attached hydrogens (tertiary/aromatic N) is 1. The van der Waals surface area contributed by atoms with Crippen LogP contribution in [0.1, 0.15) is 46.5 Å². The van der Waals surface area contributed by atoms with Gasteiger partial charge in [0.25, 0.3) is 0 Å². The average molecular weight is 167 g/mol. The van der Waals surface area contributed by atoms with Crippen molar-refractivity contribution in [3.63, 3.8) is 0 Å². The molecule has 1 rings (SSSR count). The molecule has 1 aliphatic carbocycles. The zero-order valence-corrected chi connectivity index (χ0v) is 8.18. The van der Waals surface area contributed by atoms with E-state index in [1.54, 1.807) is 6.92 Å². The van der Waals surface area contributed by atoms with Crippen molar-refractivity contribution in [3.05, 3.63) is 0 Å². The smallest absolute Gasteiger partial charge is 0.129 e. The highest BCUT2D eigenvalue weighted by atomic mass is 16.1. The number of hydrogen-bond donors (Lipinski definition) is 0. The lowest BCUT2D eigenvalue weighted by Crippen LogP contribution is -1.99. The van der Waals surface area contributed by atoms with Crippen LogP contribution in [-0.2, 0) is 4.79 Å². The van der Waals surface area contributed by atoms with Crippen LogP contribution in [0.2, 0.25) is 0 Å². The van der Waals surface area contributed by atoms with Gasteiger partial charge >= 0.3 is 0 Å². The minimum absolute atomic E-state index is 0.0916. The number of carbonyl (C=O) groups is 1. The summed E-state index contributed by atoms with van der Waals surface area (Å²) in [7, 11) is 0. The van der Waals surface area contributed by atoms with Gasteiger partial charge < -0.3 is 4.79 Å². The first-order valence-corrected chi connectivity index (χ1v) is 4.59. The van der Waals surface area contributed by atoms with E-state index < -0.39 is 0 Å². The summed E-state index contributed by atoms with van der Waals surface area (Å²) in [6.07, 6.45) is 3.35. The van der Waals surface area contributed by atoms with E-state index in [9.17, 15) is 4.79 Å². The highest BCUT2D eigenvalue weighted by molar-refractivity contribution is 5.75. The third kappa shape index (κ3) is 3.52. The molecule has 0 bridgehead atoms. The first-order valence-electron chi connectivity index (χ1n) is 4.59. The Morgan fingerprint density at radius 1 is 1.50 bits per heavy atom. The van der Waals surface area contributed by atoms with Crippen molar-refractivity contribution in [3.8, 4) is 6.07 Å². The van der Waals surface area contributed by atoms with Gasteiger partial charge in [0.2, 0.25) is 0 Å². The first-order chi connectivity index (χ1) is 5.68. The Labute approximate surface area is 74.6 Å². The molecular formula is C10H17NO. The molecule has 0 radical (unpaired) electrons. The van der Waals surface area contributed by atoms with Gasteiger partial charge in [-0.05, 0) is 26.2 Å². The van der Waals surface area contributed by atoms with Gasteiger partial charge in [0.05, 0.1) is 11.5 Å². The molecule has 0 atom stereocenters. The highest BCUT2D eigenvalue weighted by Gasteiger charge is 2.42. The molecule has 2 heteroatoms. The Morgan fingerprint density at radius 3 is 2.25 bits per heavy atom. The van der Waals surface area contributed by atoms with Gasteiger partial charge in [-0.15, -0.1) is 0 Å². The normalized spacial score (nSPS) is 16.8. The van der Waals surface area contributed by atoms with Crippen LogP contribution in [0.25, 0.3) is 0 Å². The highest BCUT2D eigenvalue weighted by Crippen LogP contribution is 2.48. The predicted octanol–water partition coefficient (Wildman–Crippen LogP) is 2.69. The van der Waals surface area contributed by atoms with Gasteiger partial charge in [0.15, 0.2) is 0 Å². The SMILES string of the molecule is CC.CC(=O)CCC1(C#N)CC1. The summed E-state index contributed by atoms with van der Waals surface area (Å²) in [6, 6.07) is 2.26. The number of carbonyl (C=O) groups excluding carboxylic acids is 1. The number of ketones is 1. The molecule has 2 nitrogen and oxygen atoms in total. The predicted molar refractivity (Wildman–Crippen MR) is 48.5 cm³/mol. The van der Waals surface area contributed by atoms with E-state index in [-0.39, 0.29) is 11.2 Å². The van der Waals surface area contributed by atoms with E-state index in [1.807, 2.05) is 13.8 Å². The lowest BCUT2D eigenvalue weighted by Gasteiger charge is -2.00. The topological polar surface area (TPSA) is 40.9 Å². The van der Waals surface area contributed by atoms with Gasteiger partial charge in [-0.2, -0.15) is 5.26 Å². The molecule has 0 aromatic carbocycles. The number of hydrogen-bond acceptors (Lipinski definition) is 2. The quantitative estimate of drug-likeness (QED) is 0.648. The molecule has 0 N–H and O–H groups in total. The minimum Gasteiger partial charge on any atom is -0.300 e. The third-order valence-corrected chi connectivity index (χ3v) is 2.05. The molecule has 0 aliphatic heterocycles. The molecular weight excluding hydrogens is 150 g/mol. The van der Waals surface area contributed by atoms with Gasteiger partial charge in [0, 0.05) is 6.42 Å². The van der Waals surface area contributed by atoms with Crippen molar-refractivity contribution in [1.82, 2.24) is 0 Å². The fraction of sp³-hybridized carbons (Fsp3) is 0.800. The molecule has 0 spiro atoms. The summed E-state index contributed by atoms with van der Waals surface area (Å²) in [6.45, 7) is 5.58. The summed E-state index contributed by atoms with van der Waals surface area (Å²) in [4.78, 5) is 10.5. The van der Waals surface area contributed by atoms with Gasteiger partial charge in [0.1, 0.15) is 5.78 Å². The van der Waals surface area contributed by atoms with Crippen molar-refractivity contribution in [2.75, 3.05) is 0 Å². The van der Waals surface area contributed by atoms with Gasteiger partial charge in [-0.3, -0.25) is 0 Å². The maximum absolute atomic E-state index is 10.5. The lowest BCUT2D eigenvalue weighted by atomic mass is 10.0. The molecule has 0 amide bonds. The minimum atomic E-state index is -0.0916. The van der Waals surface area contributed by atoms with Gasteiger partial charge in [-0.25, -0.2) is 0 Å². The van der Waals surface area contributed by atoms with E-state index in [0.29, 0.717) is 6.42 Å². The van der Waals surface area contributed by atoms with Crippen molar-refractivity contribution in [2.45, 2.75) is 46.5 Å². The molecule has 68 valence electrons.